The van der Waals surface area contributed by atoms with Gasteiger partial charge < -0.3 is 9.73 Å². The zero-order valence-corrected chi connectivity index (χ0v) is 16.6. The summed E-state index contributed by atoms with van der Waals surface area (Å²) in [4.78, 5) is 12.2. The lowest BCUT2D eigenvalue weighted by Gasteiger charge is -2.23. The lowest BCUT2D eigenvalue weighted by atomic mass is 10.1. The van der Waals surface area contributed by atoms with E-state index in [4.69, 9.17) is 4.42 Å². The minimum atomic E-state index is -3.45. The molecule has 146 valence electrons. The smallest absolute Gasteiger partial charge is 0.251 e. The van der Waals surface area contributed by atoms with Crippen LogP contribution in [0.5, 0.6) is 0 Å². The number of nitrogens with zero attached hydrogens (tertiary/aromatic N) is 1. The van der Waals surface area contributed by atoms with Crippen molar-refractivity contribution in [1.29, 1.82) is 0 Å². The number of sulfonamides is 1. The van der Waals surface area contributed by atoms with Crippen LogP contribution < -0.4 is 9.62 Å². The Kier molecular flexibility index (Phi) is 5.84. The van der Waals surface area contributed by atoms with E-state index < -0.39 is 10.0 Å². The van der Waals surface area contributed by atoms with Crippen molar-refractivity contribution >= 4 is 21.6 Å². The van der Waals surface area contributed by atoms with Gasteiger partial charge in [-0.25, -0.2) is 8.42 Å². The molecule has 0 saturated carbocycles. The zero-order valence-electron chi connectivity index (χ0n) is 15.8. The summed E-state index contributed by atoms with van der Waals surface area (Å²) in [6.07, 6.45) is 2.74. The van der Waals surface area contributed by atoms with Crippen LogP contribution in [-0.2, 0) is 23.1 Å². The van der Waals surface area contributed by atoms with Crippen molar-refractivity contribution in [2.24, 2.45) is 0 Å². The molecule has 28 heavy (non-hydrogen) atoms. The Morgan fingerprint density at radius 3 is 2.43 bits per heavy atom. The van der Waals surface area contributed by atoms with E-state index >= 15 is 0 Å². The maximum atomic E-state index is 12.3. The Morgan fingerprint density at radius 1 is 1.07 bits per heavy atom. The van der Waals surface area contributed by atoms with Gasteiger partial charge in [0, 0.05) is 5.56 Å². The number of nitrogens with one attached hydrogen (secondary N) is 1. The molecule has 0 fully saturated rings. The second-order valence-electron chi connectivity index (χ2n) is 6.57. The average molecular weight is 398 g/mol. The third-order valence-corrected chi connectivity index (χ3v) is 5.38. The van der Waals surface area contributed by atoms with Crippen molar-refractivity contribution in [3.63, 3.8) is 0 Å². The molecular formula is C21H22N2O4S. The average Bonchev–Trinajstić information content (AvgIpc) is 3.17. The number of carbonyl (C=O) groups is 1. The normalized spacial score (nSPS) is 11.2. The van der Waals surface area contributed by atoms with Gasteiger partial charge in [0.1, 0.15) is 5.76 Å². The van der Waals surface area contributed by atoms with Gasteiger partial charge in [0.15, 0.2) is 0 Å². The summed E-state index contributed by atoms with van der Waals surface area (Å²) >= 11 is 0. The maximum absolute atomic E-state index is 12.3. The first-order valence-electron chi connectivity index (χ1n) is 8.77. The van der Waals surface area contributed by atoms with E-state index in [1.54, 1.807) is 48.7 Å². The highest BCUT2D eigenvalue weighted by Crippen LogP contribution is 2.22. The molecule has 0 radical (unpaired) electrons. The van der Waals surface area contributed by atoms with Crippen molar-refractivity contribution in [1.82, 2.24) is 5.32 Å². The van der Waals surface area contributed by atoms with Gasteiger partial charge in [-0.2, -0.15) is 0 Å². The van der Waals surface area contributed by atoms with Crippen LogP contribution in [0.4, 0.5) is 5.69 Å². The van der Waals surface area contributed by atoms with Gasteiger partial charge in [-0.05, 0) is 54.4 Å². The number of hydrogen-bond acceptors (Lipinski definition) is 4. The summed E-state index contributed by atoms with van der Waals surface area (Å²) in [5.41, 5.74) is 2.88. The van der Waals surface area contributed by atoms with E-state index in [1.807, 2.05) is 25.1 Å². The molecule has 0 aliphatic carbocycles. The second-order valence-corrected chi connectivity index (χ2v) is 8.47. The number of aryl methyl sites for hydroxylation is 1. The molecule has 1 aromatic heterocycles. The fourth-order valence-electron chi connectivity index (χ4n) is 2.79. The Hall–Kier alpha value is -3.06. The van der Waals surface area contributed by atoms with Crippen LogP contribution in [0.25, 0.3) is 0 Å². The van der Waals surface area contributed by atoms with Crippen LogP contribution in [0.3, 0.4) is 0 Å². The monoisotopic (exact) mass is 398 g/mol. The number of rotatable bonds is 7. The van der Waals surface area contributed by atoms with Crippen LogP contribution in [0.1, 0.15) is 27.2 Å². The Labute approximate surface area is 164 Å². The molecule has 3 rings (SSSR count). The number of furan rings is 1. The van der Waals surface area contributed by atoms with Gasteiger partial charge in [0.25, 0.3) is 5.91 Å². The summed E-state index contributed by atoms with van der Waals surface area (Å²) in [6, 6.07) is 17.8. The van der Waals surface area contributed by atoms with Gasteiger partial charge in [-0.1, -0.05) is 24.3 Å². The number of anilines is 1. The van der Waals surface area contributed by atoms with Gasteiger partial charge in [-0.3, -0.25) is 9.10 Å². The van der Waals surface area contributed by atoms with Crippen molar-refractivity contribution in [3.8, 4) is 0 Å². The summed E-state index contributed by atoms with van der Waals surface area (Å²) in [5, 5.41) is 2.78. The van der Waals surface area contributed by atoms with Crippen LogP contribution >= 0.6 is 0 Å². The van der Waals surface area contributed by atoms with Crippen LogP contribution in [0.15, 0.2) is 71.3 Å². The first-order valence-corrected chi connectivity index (χ1v) is 10.6. The quantitative estimate of drug-likeness (QED) is 0.661. The molecule has 2 aromatic carbocycles. The highest BCUT2D eigenvalue weighted by molar-refractivity contribution is 7.92. The van der Waals surface area contributed by atoms with Gasteiger partial charge >= 0.3 is 0 Å². The Balaban J connectivity index is 1.71. The lowest BCUT2D eigenvalue weighted by molar-refractivity contribution is 0.0948. The summed E-state index contributed by atoms with van der Waals surface area (Å²) in [7, 11) is -3.45. The number of amides is 1. The molecule has 0 aliphatic heterocycles. The standard InChI is InChI=1S/C21H22N2O4S/c1-16-5-3-6-19(13-16)23(28(2,25)26)15-17-8-10-18(11-9-17)21(24)22-14-20-7-4-12-27-20/h3-13H,14-15H2,1-2H3,(H,22,24). The third kappa shape index (κ3) is 5.01. The molecule has 0 aliphatic rings. The van der Waals surface area contributed by atoms with E-state index in [0.717, 1.165) is 11.1 Å². The van der Waals surface area contributed by atoms with Crippen LogP contribution in [-0.4, -0.2) is 20.6 Å². The predicted octanol–water partition coefficient (Wildman–Crippen LogP) is 3.48. The summed E-state index contributed by atoms with van der Waals surface area (Å²) < 4.78 is 31.1. The van der Waals surface area contributed by atoms with Crippen molar-refractivity contribution < 1.29 is 17.6 Å². The molecule has 1 N–H and O–H groups in total. The van der Waals surface area contributed by atoms with Gasteiger partial charge in [0.2, 0.25) is 10.0 Å². The number of hydrogen-bond donors (Lipinski definition) is 1. The fraction of sp³-hybridized carbons (Fsp3) is 0.190. The van der Waals surface area contributed by atoms with Gasteiger partial charge in [-0.15, -0.1) is 0 Å². The highest BCUT2D eigenvalue weighted by Gasteiger charge is 2.18. The highest BCUT2D eigenvalue weighted by atomic mass is 32.2. The molecular weight excluding hydrogens is 376 g/mol. The van der Waals surface area contributed by atoms with Crippen LogP contribution in [0.2, 0.25) is 0 Å². The van der Waals surface area contributed by atoms with Crippen molar-refractivity contribution in [3.05, 3.63) is 89.4 Å². The maximum Gasteiger partial charge on any atom is 0.251 e. The molecule has 0 bridgehead atoms. The zero-order chi connectivity index (χ0) is 20.1. The Morgan fingerprint density at radius 2 is 1.82 bits per heavy atom. The van der Waals surface area contributed by atoms with E-state index in [2.05, 4.69) is 5.32 Å². The Bertz CT molecular complexity index is 1040. The lowest BCUT2D eigenvalue weighted by Crippen LogP contribution is -2.29. The molecule has 0 atom stereocenters. The SMILES string of the molecule is Cc1cccc(N(Cc2ccc(C(=O)NCc3ccco3)cc2)S(C)(=O)=O)c1. The van der Waals surface area contributed by atoms with Crippen molar-refractivity contribution in [2.45, 2.75) is 20.0 Å². The number of benzene rings is 2. The van der Waals surface area contributed by atoms with E-state index in [0.29, 0.717) is 23.6 Å². The molecule has 1 amide bonds. The minimum absolute atomic E-state index is 0.191. The van der Waals surface area contributed by atoms with Gasteiger partial charge in [0.05, 0.1) is 31.3 Å². The van der Waals surface area contributed by atoms with E-state index in [-0.39, 0.29) is 12.5 Å². The van der Waals surface area contributed by atoms with E-state index in [1.165, 1.54) is 10.6 Å². The first-order chi connectivity index (χ1) is 13.3. The summed E-state index contributed by atoms with van der Waals surface area (Å²) in [6.45, 7) is 2.42. The minimum Gasteiger partial charge on any atom is -0.467 e. The third-order valence-electron chi connectivity index (χ3n) is 4.24. The first kappa shape index (κ1) is 19.7. The molecule has 0 unspecified atom stereocenters. The van der Waals surface area contributed by atoms with E-state index in [9.17, 15) is 13.2 Å². The molecule has 6 nitrogen and oxygen atoms in total. The molecule has 3 aromatic rings. The number of carbonyl (C=O) groups excluding carboxylic acids is 1. The van der Waals surface area contributed by atoms with Crippen LogP contribution in [0, 0.1) is 6.92 Å². The topological polar surface area (TPSA) is 79.6 Å². The predicted molar refractivity (Wildman–Crippen MR) is 109 cm³/mol. The van der Waals surface area contributed by atoms with Crippen molar-refractivity contribution in [2.75, 3.05) is 10.6 Å². The second kappa shape index (κ2) is 8.31. The molecule has 0 saturated heterocycles. The molecule has 7 heteroatoms. The fourth-order valence-corrected chi connectivity index (χ4v) is 3.67. The summed E-state index contributed by atoms with van der Waals surface area (Å²) in [5.74, 6) is 0.452. The largest absolute Gasteiger partial charge is 0.467 e. The molecule has 0 spiro atoms. The molecule has 1 heterocycles.